The number of rotatable bonds is 4. The molecule has 0 spiro atoms. The standard InChI is InChI=1S/C12H16ClN3O3S/c1-2-19-12(18)11-15-14-10(20-11)8-3-5-16(6-4-8)9(17)7-13/h8H,2-7H2,1H3. The minimum absolute atomic E-state index is 0.0243. The van der Waals surface area contributed by atoms with Gasteiger partial charge in [0.05, 0.1) is 6.61 Å². The van der Waals surface area contributed by atoms with Crippen LogP contribution in [0.25, 0.3) is 0 Å². The Bertz CT molecular complexity index is 486. The smallest absolute Gasteiger partial charge is 0.369 e. The number of carbonyl (C=O) groups excluding carboxylic acids is 2. The summed E-state index contributed by atoms with van der Waals surface area (Å²) in [5.74, 6) is -0.188. The molecule has 0 radical (unpaired) electrons. The Morgan fingerprint density at radius 2 is 2.10 bits per heavy atom. The van der Waals surface area contributed by atoms with Gasteiger partial charge < -0.3 is 9.64 Å². The number of alkyl halides is 1. The van der Waals surface area contributed by atoms with Crippen molar-refractivity contribution < 1.29 is 14.3 Å². The van der Waals surface area contributed by atoms with Crippen molar-refractivity contribution in [3.63, 3.8) is 0 Å². The van der Waals surface area contributed by atoms with Crippen molar-refractivity contribution in [3.05, 3.63) is 10.0 Å². The predicted octanol–water partition coefficient (Wildman–Crippen LogP) is 1.66. The Balaban J connectivity index is 1.94. The van der Waals surface area contributed by atoms with Gasteiger partial charge in [0.25, 0.3) is 0 Å². The van der Waals surface area contributed by atoms with Gasteiger partial charge in [-0.15, -0.1) is 21.8 Å². The summed E-state index contributed by atoms with van der Waals surface area (Å²) >= 11 is 6.82. The molecule has 110 valence electrons. The SMILES string of the molecule is CCOC(=O)c1nnc(C2CCN(C(=O)CCl)CC2)s1. The molecule has 0 saturated carbocycles. The number of likely N-dealkylation sites (tertiary alicyclic amines) is 1. The molecule has 0 N–H and O–H groups in total. The molecule has 1 aromatic heterocycles. The fourth-order valence-corrected chi connectivity index (χ4v) is 3.21. The van der Waals surface area contributed by atoms with Crippen molar-refractivity contribution in [2.24, 2.45) is 0 Å². The van der Waals surface area contributed by atoms with E-state index in [1.165, 1.54) is 11.3 Å². The number of halogens is 1. The molecular formula is C12H16ClN3O3S. The number of esters is 1. The zero-order chi connectivity index (χ0) is 14.5. The Kier molecular flexibility index (Phi) is 5.31. The Morgan fingerprint density at radius 3 is 2.70 bits per heavy atom. The molecule has 0 bridgehead atoms. The van der Waals surface area contributed by atoms with Crippen molar-refractivity contribution in [2.45, 2.75) is 25.7 Å². The van der Waals surface area contributed by atoms with E-state index in [0.29, 0.717) is 24.7 Å². The van der Waals surface area contributed by atoms with Crippen molar-refractivity contribution in [2.75, 3.05) is 25.6 Å². The summed E-state index contributed by atoms with van der Waals surface area (Å²) < 4.78 is 4.89. The summed E-state index contributed by atoms with van der Waals surface area (Å²) in [6, 6.07) is 0. The van der Waals surface area contributed by atoms with Gasteiger partial charge in [0.1, 0.15) is 10.9 Å². The van der Waals surface area contributed by atoms with Gasteiger partial charge in [0, 0.05) is 19.0 Å². The number of piperidine rings is 1. The van der Waals surface area contributed by atoms with Crippen LogP contribution >= 0.6 is 22.9 Å². The van der Waals surface area contributed by atoms with E-state index in [2.05, 4.69) is 10.2 Å². The van der Waals surface area contributed by atoms with Gasteiger partial charge >= 0.3 is 5.97 Å². The van der Waals surface area contributed by atoms with Crippen LogP contribution in [0.2, 0.25) is 0 Å². The minimum Gasteiger partial charge on any atom is -0.461 e. The number of nitrogens with zero attached hydrogens (tertiary/aromatic N) is 3. The molecule has 1 aliphatic rings. The van der Waals surface area contributed by atoms with Crippen LogP contribution in [0.15, 0.2) is 0 Å². The lowest BCUT2D eigenvalue weighted by molar-refractivity contribution is -0.129. The van der Waals surface area contributed by atoms with E-state index in [0.717, 1.165) is 17.8 Å². The second-order valence-electron chi connectivity index (χ2n) is 4.45. The first-order valence-corrected chi connectivity index (χ1v) is 7.85. The van der Waals surface area contributed by atoms with E-state index in [9.17, 15) is 9.59 Å². The van der Waals surface area contributed by atoms with Gasteiger partial charge in [-0.05, 0) is 19.8 Å². The third-order valence-electron chi connectivity index (χ3n) is 3.20. The predicted molar refractivity (Wildman–Crippen MR) is 75.1 cm³/mol. The topological polar surface area (TPSA) is 72.4 Å². The average Bonchev–Trinajstić information content (AvgIpc) is 2.97. The summed E-state index contributed by atoms with van der Waals surface area (Å²) in [5, 5.41) is 9.08. The van der Waals surface area contributed by atoms with Crippen LogP contribution in [0.3, 0.4) is 0 Å². The number of amides is 1. The van der Waals surface area contributed by atoms with E-state index < -0.39 is 5.97 Å². The van der Waals surface area contributed by atoms with Crippen LogP contribution in [0.1, 0.15) is 40.5 Å². The second-order valence-corrected chi connectivity index (χ2v) is 5.73. The molecule has 0 atom stereocenters. The van der Waals surface area contributed by atoms with Crippen molar-refractivity contribution >= 4 is 34.8 Å². The molecule has 1 saturated heterocycles. The number of carbonyl (C=O) groups is 2. The molecule has 0 aromatic carbocycles. The first-order valence-electron chi connectivity index (χ1n) is 6.50. The van der Waals surface area contributed by atoms with Gasteiger partial charge in [0.2, 0.25) is 10.9 Å². The van der Waals surface area contributed by atoms with E-state index in [1.54, 1.807) is 11.8 Å². The first kappa shape index (κ1) is 15.2. The highest BCUT2D eigenvalue weighted by atomic mass is 35.5. The van der Waals surface area contributed by atoms with Gasteiger partial charge in [-0.1, -0.05) is 11.3 Å². The second kappa shape index (κ2) is 6.99. The van der Waals surface area contributed by atoms with Crippen LogP contribution in [0.4, 0.5) is 0 Å². The molecular weight excluding hydrogens is 302 g/mol. The number of hydrogen-bond acceptors (Lipinski definition) is 6. The third-order valence-corrected chi connectivity index (χ3v) is 4.50. The molecule has 2 rings (SSSR count). The molecule has 0 unspecified atom stereocenters. The average molecular weight is 318 g/mol. The minimum atomic E-state index is -0.425. The molecule has 8 heteroatoms. The van der Waals surface area contributed by atoms with Gasteiger partial charge in [0.15, 0.2) is 0 Å². The van der Waals surface area contributed by atoms with E-state index in [-0.39, 0.29) is 17.7 Å². The maximum Gasteiger partial charge on any atom is 0.369 e. The maximum atomic E-state index is 11.5. The maximum absolute atomic E-state index is 11.5. The van der Waals surface area contributed by atoms with Crippen LogP contribution in [-0.4, -0.2) is 52.6 Å². The highest BCUT2D eigenvalue weighted by Gasteiger charge is 2.26. The van der Waals surface area contributed by atoms with Crippen molar-refractivity contribution in [1.29, 1.82) is 0 Å². The van der Waals surface area contributed by atoms with E-state index in [1.807, 2.05) is 0 Å². The quantitative estimate of drug-likeness (QED) is 0.624. The number of ether oxygens (including phenoxy) is 1. The zero-order valence-electron chi connectivity index (χ0n) is 11.2. The number of aromatic nitrogens is 2. The summed E-state index contributed by atoms with van der Waals surface area (Å²) in [7, 11) is 0. The molecule has 2 heterocycles. The van der Waals surface area contributed by atoms with Crippen molar-refractivity contribution in [3.8, 4) is 0 Å². The van der Waals surface area contributed by atoms with E-state index in [4.69, 9.17) is 16.3 Å². The summed E-state index contributed by atoms with van der Waals surface area (Å²) in [5.41, 5.74) is 0. The van der Waals surface area contributed by atoms with Crippen LogP contribution in [-0.2, 0) is 9.53 Å². The fraction of sp³-hybridized carbons (Fsp3) is 0.667. The highest BCUT2D eigenvalue weighted by Crippen LogP contribution is 2.30. The van der Waals surface area contributed by atoms with Crippen LogP contribution < -0.4 is 0 Å². The lowest BCUT2D eigenvalue weighted by Crippen LogP contribution is -2.38. The molecule has 1 fully saturated rings. The summed E-state index contributed by atoms with van der Waals surface area (Å²) in [6.45, 7) is 3.42. The van der Waals surface area contributed by atoms with Crippen molar-refractivity contribution in [1.82, 2.24) is 15.1 Å². The Hall–Kier alpha value is -1.21. The molecule has 1 aromatic rings. The largest absolute Gasteiger partial charge is 0.461 e. The lowest BCUT2D eigenvalue weighted by atomic mass is 9.98. The number of hydrogen-bond donors (Lipinski definition) is 0. The van der Waals surface area contributed by atoms with Gasteiger partial charge in [-0.3, -0.25) is 4.79 Å². The molecule has 6 nitrogen and oxygen atoms in total. The van der Waals surface area contributed by atoms with Gasteiger partial charge in [-0.25, -0.2) is 4.79 Å². The lowest BCUT2D eigenvalue weighted by Gasteiger charge is -2.30. The molecule has 20 heavy (non-hydrogen) atoms. The highest BCUT2D eigenvalue weighted by molar-refractivity contribution is 7.13. The zero-order valence-corrected chi connectivity index (χ0v) is 12.7. The van der Waals surface area contributed by atoms with E-state index >= 15 is 0 Å². The first-order chi connectivity index (χ1) is 9.65. The fourth-order valence-electron chi connectivity index (χ4n) is 2.14. The summed E-state index contributed by atoms with van der Waals surface area (Å²) in [4.78, 5) is 24.8. The Labute approximate surface area is 126 Å². The van der Waals surface area contributed by atoms with Crippen LogP contribution in [0.5, 0.6) is 0 Å². The molecule has 1 aliphatic heterocycles. The molecule has 0 aliphatic carbocycles. The molecule has 1 amide bonds. The monoisotopic (exact) mass is 317 g/mol. The summed E-state index contributed by atoms with van der Waals surface area (Å²) in [6.07, 6.45) is 1.64. The normalized spacial score (nSPS) is 16.2. The third kappa shape index (κ3) is 3.46. The van der Waals surface area contributed by atoms with Crippen LogP contribution in [0, 0.1) is 0 Å². The van der Waals surface area contributed by atoms with Gasteiger partial charge in [-0.2, -0.15) is 0 Å². The Morgan fingerprint density at radius 1 is 1.40 bits per heavy atom.